The van der Waals surface area contributed by atoms with Crippen LogP contribution in [0.15, 0.2) is 24.3 Å². The molecule has 2 rings (SSSR count). The normalized spacial score (nSPS) is 19.6. The van der Waals surface area contributed by atoms with E-state index in [-0.39, 0.29) is 0 Å². The maximum atomic E-state index is 3.40. The molecule has 88 valence electrons. The molecule has 1 aliphatic rings. The smallest absolute Gasteiger partial charge is 0.0110 e. The number of hydrogen-bond acceptors (Lipinski definition) is 2. The summed E-state index contributed by atoms with van der Waals surface area (Å²) in [7, 11) is 0. The Morgan fingerprint density at radius 2 is 1.94 bits per heavy atom. The molecule has 1 aromatic rings. The molecule has 2 nitrogen and oxygen atoms in total. The standard InChI is InChI=1S/C14H22N2/c1-12-5-3-4-6-14(12)11-13(2)16-9-7-15-8-10-16/h3-6,13,15H,7-11H2,1-2H3. The fourth-order valence-corrected chi connectivity index (χ4v) is 2.41. The van der Waals surface area contributed by atoms with E-state index in [4.69, 9.17) is 0 Å². The van der Waals surface area contributed by atoms with Gasteiger partial charge in [-0.3, -0.25) is 4.90 Å². The van der Waals surface area contributed by atoms with Gasteiger partial charge in [-0.25, -0.2) is 0 Å². The van der Waals surface area contributed by atoms with E-state index < -0.39 is 0 Å². The number of benzene rings is 1. The van der Waals surface area contributed by atoms with Gasteiger partial charge in [0.15, 0.2) is 0 Å². The molecular weight excluding hydrogens is 196 g/mol. The van der Waals surface area contributed by atoms with Gasteiger partial charge in [0.2, 0.25) is 0 Å². The lowest BCUT2D eigenvalue weighted by Crippen LogP contribution is -2.48. The third-order valence-electron chi connectivity index (χ3n) is 3.55. The topological polar surface area (TPSA) is 15.3 Å². The molecule has 0 aromatic heterocycles. The first kappa shape index (κ1) is 11.6. The summed E-state index contributed by atoms with van der Waals surface area (Å²) in [6, 6.07) is 9.39. The second kappa shape index (κ2) is 5.46. The van der Waals surface area contributed by atoms with Gasteiger partial charge >= 0.3 is 0 Å². The van der Waals surface area contributed by atoms with Crippen LogP contribution in [0.3, 0.4) is 0 Å². The maximum Gasteiger partial charge on any atom is 0.0110 e. The molecule has 1 unspecified atom stereocenters. The minimum Gasteiger partial charge on any atom is -0.314 e. The zero-order chi connectivity index (χ0) is 11.4. The van der Waals surface area contributed by atoms with Crippen LogP contribution in [0.5, 0.6) is 0 Å². The highest BCUT2D eigenvalue weighted by Crippen LogP contribution is 2.13. The van der Waals surface area contributed by atoms with Crippen molar-refractivity contribution < 1.29 is 0 Å². The summed E-state index contributed by atoms with van der Waals surface area (Å²) in [6.45, 7) is 9.20. The Morgan fingerprint density at radius 3 is 2.62 bits per heavy atom. The van der Waals surface area contributed by atoms with Crippen molar-refractivity contribution in [2.75, 3.05) is 26.2 Å². The SMILES string of the molecule is Cc1ccccc1CC(C)N1CCNCC1. The van der Waals surface area contributed by atoms with Crippen LogP contribution in [0, 0.1) is 6.92 Å². The predicted molar refractivity (Wildman–Crippen MR) is 68.8 cm³/mol. The minimum atomic E-state index is 0.656. The lowest BCUT2D eigenvalue weighted by molar-refractivity contribution is 0.183. The lowest BCUT2D eigenvalue weighted by atomic mass is 10.0. The van der Waals surface area contributed by atoms with E-state index in [0.717, 1.165) is 13.1 Å². The fraction of sp³-hybridized carbons (Fsp3) is 0.571. The molecule has 0 bridgehead atoms. The minimum absolute atomic E-state index is 0.656. The molecule has 0 radical (unpaired) electrons. The Hall–Kier alpha value is -0.860. The van der Waals surface area contributed by atoms with Crippen LogP contribution in [-0.2, 0) is 6.42 Å². The summed E-state index contributed by atoms with van der Waals surface area (Å²) in [6.07, 6.45) is 1.17. The molecule has 1 aliphatic heterocycles. The molecule has 1 fully saturated rings. The first-order valence-corrected chi connectivity index (χ1v) is 6.26. The summed E-state index contributed by atoms with van der Waals surface area (Å²) in [4.78, 5) is 2.59. The highest BCUT2D eigenvalue weighted by atomic mass is 15.2. The van der Waals surface area contributed by atoms with Crippen molar-refractivity contribution in [2.45, 2.75) is 26.3 Å². The molecule has 0 amide bonds. The molecule has 1 atom stereocenters. The monoisotopic (exact) mass is 218 g/mol. The van der Waals surface area contributed by atoms with Crippen molar-refractivity contribution in [1.82, 2.24) is 10.2 Å². The van der Waals surface area contributed by atoms with Crippen LogP contribution in [0.25, 0.3) is 0 Å². The Labute approximate surface area is 98.7 Å². The first-order chi connectivity index (χ1) is 7.77. The van der Waals surface area contributed by atoms with E-state index in [9.17, 15) is 0 Å². The molecule has 1 saturated heterocycles. The largest absolute Gasteiger partial charge is 0.314 e. The second-order valence-electron chi connectivity index (χ2n) is 4.77. The number of nitrogens with zero attached hydrogens (tertiary/aromatic N) is 1. The van der Waals surface area contributed by atoms with E-state index in [1.807, 2.05) is 0 Å². The third-order valence-corrected chi connectivity index (χ3v) is 3.55. The summed E-state index contributed by atoms with van der Waals surface area (Å²) in [5.74, 6) is 0. The molecular formula is C14H22N2. The molecule has 1 N–H and O–H groups in total. The van der Waals surface area contributed by atoms with E-state index >= 15 is 0 Å². The van der Waals surface area contributed by atoms with Gasteiger partial charge in [0.1, 0.15) is 0 Å². The maximum absolute atomic E-state index is 3.40. The summed E-state index contributed by atoms with van der Waals surface area (Å²) in [5.41, 5.74) is 2.91. The number of rotatable bonds is 3. The molecule has 16 heavy (non-hydrogen) atoms. The van der Waals surface area contributed by atoms with Crippen LogP contribution < -0.4 is 5.32 Å². The van der Waals surface area contributed by atoms with Crippen molar-refractivity contribution in [2.24, 2.45) is 0 Å². The molecule has 0 spiro atoms. The predicted octanol–water partition coefficient (Wildman–Crippen LogP) is 1.83. The summed E-state index contributed by atoms with van der Waals surface area (Å²) in [5, 5.41) is 3.40. The number of piperazine rings is 1. The van der Waals surface area contributed by atoms with Crippen LogP contribution in [-0.4, -0.2) is 37.1 Å². The van der Waals surface area contributed by atoms with Gasteiger partial charge in [0, 0.05) is 32.2 Å². The van der Waals surface area contributed by atoms with Crippen molar-refractivity contribution in [3.63, 3.8) is 0 Å². The fourth-order valence-electron chi connectivity index (χ4n) is 2.41. The number of nitrogens with one attached hydrogen (secondary N) is 1. The lowest BCUT2D eigenvalue weighted by Gasteiger charge is -2.33. The first-order valence-electron chi connectivity index (χ1n) is 6.26. The average Bonchev–Trinajstić information content (AvgIpc) is 2.33. The van der Waals surface area contributed by atoms with Crippen LogP contribution in [0.4, 0.5) is 0 Å². The van der Waals surface area contributed by atoms with E-state index in [1.54, 1.807) is 0 Å². The van der Waals surface area contributed by atoms with Gasteiger partial charge in [0.25, 0.3) is 0 Å². The summed E-state index contributed by atoms with van der Waals surface area (Å²) < 4.78 is 0. The Morgan fingerprint density at radius 1 is 1.25 bits per heavy atom. The zero-order valence-electron chi connectivity index (χ0n) is 10.4. The Kier molecular flexibility index (Phi) is 3.97. The van der Waals surface area contributed by atoms with Crippen LogP contribution in [0.2, 0.25) is 0 Å². The third kappa shape index (κ3) is 2.83. The number of aryl methyl sites for hydroxylation is 1. The molecule has 0 saturated carbocycles. The van der Waals surface area contributed by atoms with E-state index in [0.29, 0.717) is 6.04 Å². The van der Waals surface area contributed by atoms with Gasteiger partial charge < -0.3 is 5.32 Å². The molecule has 0 aliphatic carbocycles. The van der Waals surface area contributed by atoms with Crippen molar-refractivity contribution in [3.05, 3.63) is 35.4 Å². The van der Waals surface area contributed by atoms with Gasteiger partial charge in [-0.15, -0.1) is 0 Å². The van der Waals surface area contributed by atoms with E-state index in [1.165, 1.54) is 30.6 Å². The Bertz CT molecular complexity index is 329. The second-order valence-corrected chi connectivity index (χ2v) is 4.77. The van der Waals surface area contributed by atoms with Gasteiger partial charge in [0.05, 0.1) is 0 Å². The Balaban J connectivity index is 1.96. The molecule has 1 heterocycles. The quantitative estimate of drug-likeness (QED) is 0.832. The highest BCUT2D eigenvalue weighted by molar-refractivity contribution is 5.26. The van der Waals surface area contributed by atoms with E-state index in [2.05, 4.69) is 48.3 Å². The van der Waals surface area contributed by atoms with Crippen molar-refractivity contribution in [3.8, 4) is 0 Å². The average molecular weight is 218 g/mol. The van der Waals surface area contributed by atoms with Crippen molar-refractivity contribution >= 4 is 0 Å². The highest BCUT2D eigenvalue weighted by Gasteiger charge is 2.16. The van der Waals surface area contributed by atoms with Crippen LogP contribution >= 0.6 is 0 Å². The van der Waals surface area contributed by atoms with Gasteiger partial charge in [-0.1, -0.05) is 24.3 Å². The summed E-state index contributed by atoms with van der Waals surface area (Å²) >= 11 is 0. The number of hydrogen-bond donors (Lipinski definition) is 1. The molecule has 2 heteroatoms. The van der Waals surface area contributed by atoms with Crippen molar-refractivity contribution in [1.29, 1.82) is 0 Å². The zero-order valence-corrected chi connectivity index (χ0v) is 10.4. The van der Waals surface area contributed by atoms with Gasteiger partial charge in [-0.2, -0.15) is 0 Å². The van der Waals surface area contributed by atoms with Gasteiger partial charge in [-0.05, 0) is 31.4 Å². The molecule has 1 aromatic carbocycles. The van der Waals surface area contributed by atoms with Crippen LogP contribution in [0.1, 0.15) is 18.1 Å².